The number of nitrogens with one attached hydrogen (secondary N) is 1. The van der Waals surface area contributed by atoms with Crippen molar-refractivity contribution in [3.8, 4) is 0 Å². The topological polar surface area (TPSA) is 49.4 Å². The van der Waals surface area contributed by atoms with Crippen molar-refractivity contribution in [2.45, 2.75) is 23.8 Å². The second-order valence-corrected chi connectivity index (χ2v) is 6.94. The Morgan fingerprint density at radius 3 is 2.65 bits per heavy atom. The molecule has 0 atom stereocenters. The lowest BCUT2D eigenvalue weighted by atomic mass is 10.1. The second kappa shape index (κ2) is 7.04. The fourth-order valence-corrected chi connectivity index (χ4v) is 3.20. The Bertz CT molecular complexity index is 728. The van der Waals surface area contributed by atoms with Crippen molar-refractivity contribution in [2.75, 3.05) is 19.3 Å². The van der Waals surface area contributed by atoms with Gasteiger partial charge in [-0.1, -0.05) is 30.3 Å². The van der Waals surface area contributed by atoms with Gasteiger partial charge < -0.3 is 10.2 Å². The Morgan fingerprint density at radius 1 is 1.17 bits per heavy atom. The number of rotatable bonds is 6. The van der Waals surface area contributed by atoms with Crippen molar-refractivity contribution < 1.29 is 9.59 Å². The van der Waals surface area contributed by atoms with Crippen LogP contribution < -0.4 is 5.32 Å². The zero-order valence-corrected chi connectivity index (χ0v) is 13.9. The van der Waals surface area contributed by atoms with Crippen LogP contribution in [-0.2, 0) is 9.59 Å². The number of amides is 2. The molecular weight excluding hydrogens is 308 g/mol. The molecule has 0 aromatic heterocycles. The van der Waals surface area contributed by atoms with Crippen LogP contribution in [0.4, 0.5) is 0 Å². The van der Waals surface area contributed by atoms with Gasteiger partial charge in [-0.15, -0.1) is 11.8 Å². The minimum atomic E-state index is -0.0703. The maximum atomic E-state index is 12.1. The van der Waals surface area contributed by atoms with Crippen LogP contribution in [0.1, 0.15) is 12.8 Å². The highest BCUT2D eigenvalue weighted by molar-refractivity contribution is 8.00. The quantitative estimate of drug-likeness (QED) is 0.830. The van der Waals surface area contributed by atoms with Crippen LogP contribution in [0, 0.1) is 0 Å². The van der Waals surface area contributed by atoms with Crippen molar-refractivity contribution in [3.05, 3.63) is 42.5 Å². The van der Waals surface area contributed by atoms with Crippen molar-refractivity contribution in [2.24, 2.45) is 0 Å². The second-order valence-electron chi connectivity index (χ2n) is 5.89. The van der Waals surface area contributed by atoms with Gasteiger partial charge in [0, 0.05) is 18.0 Å². The third-order valence-corrected chi connectivity index (χ3v) is 4.81. The van der Waals surface area contributed by atoms with Gasteiger partial charge in [0.15, 0.2) is 0 Å². The first-order chi connectivity index (χ1) is 11.1. The maximum absolute atomic E-state index is 12.1. The first-order valence-electron chi connectivity index (χ1n) is 7.77. The molecule has 0 radical (unpaired) electrons. The highest BCUT2D eigenvalue weighted by atomic mass is 32.2. The number of benzene rings is 2. The molecule has 0 heterocycles. The number of hydrogen-bond donors (Lipinski definition) is 1. The summed E-state index contributed by atoms with van der Waals surface area (Å²) in [5.41, 5.74) is 0. The number of nitrogens with zero attached hydrogens (tertiary/aromatic N) is 1. The molecule has 1 aliphatic rings. The molecule has 5 heteroatoms. The van der Waals surface area contributed by atoms with E-state index in [0.717, 1.165) is 17.7 Å². The lowest BCUT2D eigenvalue weighted by Gasteiger charge is -2.16. The summed E-state index contributed by atoms with van der Waals surface area (Å²) in [5, 5.41) is 5.25. The zero-order chi connectivity index (χ0) is 16.2. The summed E-state index contributed by atoms with van der Waals surface area (Å²) in [6.45, 7) is 0.133. The summed E-state index contributed by atoms with van der Waals surface area (Å²) in [5.74, 6) is 0.235. The van der Waals surface area contributed by atoms with Crippen molar-refractivity contribution in [3.63, 3.8) is 0 Å². The van der Waals surface area contributed by atoms with E-state index in [1.807, 2.05) is 18.2 Å². The van der Waals surface area contributed by atoms with E-state index in [-0.39, 0.29) is 18.4 Å². The first-order valence-corrected chi connectivity index (χ1v) is 8.75. The van der Waals surface area contributed by atoms with Gasteiger partial charge >= 0.3 is 0 Å². The largest absolute Gasteiger partial charge is 0.352 e. The molecule has 2 aromatic carbocycles. The lowest BCUT2D eigenvalue weighted by Crippen LogP contribution is -2.39. The van der Waals surface area contributed by atoms with E-state index in [1.54, 1.807) is 7.05 Å². The summed E-state index contributed by atoms with van der Waals surface area (Å²) < 4.78 is 0. The third kappa shape index (κ3) is 4.48. The molecular formula is C18H20N2O2S. The smallest absolute Gasteiger partial charge is 0.239 e. The van der Waals surface area contributed by atoms with E-state index in [2.05, 4.69) is 29.6 Å². The van der Waals surface area contributed by atoms with Crippen LogP contribution in [0.2, 0.25) is 0 Å². The lowest BCUT2D eigenvalue weighted by molar-refractivity contribution is -0.132. The Hall–Kier alpha value is -2.01. The number of carbonyl (C=O) groups is 2. The summed E-state index contributed by atoms with van der Waals surface area (Å²) >= 11 is 1.50. The van der Waals surface area contributed by atoms with Gasteiger partial charge in [0.25, 0.3) is 0 Å². The molecule has 0 spiro atoms. The van der Waals surface area contributed by atoms with Crippen molar-refractivity contribution >= 4 is 34.3 Å². The fraction of sp³-hybridized carbons (Fsp3) is 0.333. The molecule has 0 saturated heterocycles. The van der Waals surface area contributed by atoms with Gasteiger partial charge in [0.05, 0.1) is 12.3 Å². The van der Waals surface area contributed by atoms with Gasteiger partial charge in [-0.05, 0) is 35.7 Å². The van der Waals surface area contributed by atoms with E-state index in [0.29, 0.717) is 11.8 Å². The van der Waals surface area contributed by atoms with Gasteiger partial charge in [0.1, 0.15) is 0 Å². The molecule has 1 fully saturated rings. The molecule has 3 rings (SSSR count). The first kappa shape index (κ1) is 15.9. The van der Waals surface area contributed by atoms with Gasteiger partial charge in [-0.25, -0.2) is 0 Å². The average molecular weight is 328 g/mol. The number of hydrogen-bond acceptors (Lipinski definition) is 3. The zero-order valence-electron chi connectivity index (χ0n) is 13.1. The minimum absolute atomic E-state index is 0.0332. The molecule has 1 saturated carbocycles. The van der Waals surface area contributed by atoms with Crippen LogP contribution >= 0.6 is 11.8 Å². The molecule has 2 aromatic rings. The molecule has 120 valence electrons. The predicted molar refractivity (Wildman–Crippen MR) is 93.5 cm³/mol. The maximum Gasteiger partial charge on any atom is 0.239 e. The van der Waals surface area contributed by atoms with Crippen LogP contribution in [0.25, 0.3) is 10.8 Å². The highest BCUT2D eigenvalue weighted by Crippen LogP contribution is 2.23. The minimum Gasteiger partial charge on any atom is -0.352 e. The van der Waals surface area contributed by atoms with Crippen LogP contribution in [-0.4, -0.2) is 42.1 Å². The molecule has 0 aliphatic heterocycles. The Morgan fingerprint density at radius 2 is 1.91 bits per heavy atom. The number of likely N-dealkylation sites (N-methyl/N-ethyl adjacent to an activating group) is 1. The Kier molecular flexibility index (Phi) is 4.86. The van der Waals surface area contributed by atoms with Crippen molar-refractivity contribution in [1.29, 1.82) is 0 Å². The molecule has 1 aliphatic carbocycles. The average Bonchev–Trinajstić information content (AvgIpc) is 3.36. The Balaban J connectivity index is 1.51. The monoisotopic (exact) mass is 328 g/mol. The van der Waals surface area contributed by atoms with Crippen LogP contribution in [0.5, 0.6) is 0 Å². The predicted octanol–water partition coefficient (Wildman–Crippen LogP) is 2.67. The summed E-state index contributed by atoms with van der Waals surface area (Å²) in [6, 6.07) is 14.7. The number of carbonyl (C=O) groups excluding carboxylic acids is 2. The molecule has 0 bridgehead atoms. The van der Waals surface area contributed by atoms with Gasteiger partial charge in [-0.2, -0.15) is 0 Å². The molecule has 4 nitrogen and oxygen atoms in total. The van der Waals surface area contributed by atoms with E-state index < -0.39 is 0 Å². The SMILES string of the molecule is CN(CC(=O)NC1CC1)C(=O)CSc1ccc2ccccc2c1. The molecule has 23 heavy (non-hydrogen) atoms. The summed E-state index contributed by atoms with van der Waals surface area (Å²) in [4.78, 5) is 26.4. The highest BCUT2D eigenvalue weighted by Gasteiger charge is 2.24. The normalized spacial score (nSPS) is 13.8. The standard InChI is InChI=1S/C18H20N2O2S/c1-20(11-17(21)19-15-7-8-15)18(22)12-23-16-9-6-13-4-2-3-5-14(13)10-16/h2-6,9-10,15H,7-8,11-12H2,1H3,(H,19,21). The fourth-order valence-electron chi connectivity index (χ4n) is 2.32. The summed E-state index contributed by atoms with van der Waals surface area (Å²) in [7, 11) is 1.68. The van der Waals surface area contributed by atoms with Gasteiger partial charge in [0.2, 0.25) is 11.8 Å². The van der Waals surface area contributed by atoms with Crippen LogP contribution in [0.3, 0.4) is 0 Å². The van der Waals surface area contributed by atoms with E-state index in [9.17, 15) is 9.59 Å². The van der Waals surface area contributed by atoms with Gasteiger partial charge in [-0.3, -0.25) is 9.59 Å². The van der Waals surface area contributed by atoms with Crippen molar-refractivity contribution in [1.82, 2.24) is 10.2 Å². The molecule has 2 amide bonds. The summed E-state index contributed by atoms with van der Waals surface area (Å²) in [6.07, 6.45) is 2.11. The van der Waals surface area contributed by atoms with E-state index >= 15 is 0 Å². The van der Waals surface area contributed by atoms with E-state index in [4.69, 9.17) is 0 Å². The third-order valence-electron chi connectivity index (χ3n) is 3.83. The van der Waals surface area contributed by atoms with E-state index in [1.165, 1.54) is 27.4 Å². The number of fused-ring (bicyclic) bond motifs is 1. The Labute approximate surface area is 140 Å². The number of thioether (sulfide) groups is 1. The molecule has 1 N–H and O–H groups in total. The van der Waals surface area contributed by atoms with Crippen LogP contribution in [0.15, 0.2) is 47.4 Å². The molecule has 0 unspecified atom stereocenters.